The summed E-state index contributed by atoms with van der Waals surface area (Å²) < 4.78 is 28.0. The van der Waals surface area contributed by atoms with E-state index in [4.69, 9.17) is 10.1 Å². The fourth-order valence-corrected chi connectivity index (χ4v) is 5.93. The summed E-state index contributed by atoms with van der Waals surface area (Å²) >= 11 is 0. The van der Waals surface area contributed by atoms with Gasteiger partial charge in [0.25, 0.3) is 0 Å². The van der Waals surface area contributed by atoms with E-state index in [1.165, 1.54) is 12.8 Å². The van der Waals surface area contributed by atoms with Gasteiger partial charge in [0.15, 0.2) is 15.7 Å². The Morgan fingerprint density at radius 1 is 1.19 bits per heavy atom. The van der Waals surface area contributed by atoms with E-state index in [9.17, 15) is 8.42 Å². The maximum atomic E-state index is 11.9. The Hall–Kier alpha value is -1.70. The first-order chi connectivity index (χ1) is 12.6. The Labute approximate surface area is 154 Å². The van der Waals surface area contributed by atoms with Crippen molar-refractivity contribution in [2.75, 3.05) is 11.5 Å². The maximum absolute atomic E-state index is 11.9. The largest absolute Gasteiger partial charge is 0.334 e. The molecule has 2 fully saturated rings. The Balaban J connectivity index is 1.58. The average Bonchev–Trinajstić information content (AvgIpc) is 3.38. The molecule has 0 bridgehead atoms. The van der Waals surface area contributed by atoms with Crippen molar-refractivity contribution in [1.82, 2.24) is 24.3 Å². The van der Waals surface area contributed by atoms with Crippen molar-refractivity contribution in [3.8, 4) is 0 Å². The van der Waals surface area contributed by atoms with Gasteiger partial charge in [0.2, 0.25) is 0 Å². The standard InChI is InChI=1S/C18H27N5O2S/c1-2-16-19-9-11-22(16)10-7-17-20-18(14-5-3-4-6-14)21-23(17)15-8-12-26(24,25)13-15/h9,11,14-15H,2-8,10,12-13H2,1H3/t15-/m0/s1. The minimum Gasteiger partial charge on any atom is -0.334 e. The number of imidazole rings is 1. The third-order valence-electron chi connectivity index (χ3n) is 5.69. The molecule has 2 aliphatic rings. The van der Waals surface area contributed by atoms with E-state index < -0.39 is 9.84 Å². The van der Waals surface area contributed by atoms with Crippen molar-refractivity contribution >= 4 is 9.84 Å². The summed E-state index contributed by atoms with van der Waals surface area (Å²) in [6.45, 7) is 2.90. The van der Waals surface area contributed by atoms with Crippen molar-refractivity contribution in [3.05, 3.63) is 29.9 Å². The minimum atomic E-state index is -2.94. The second-order valence-corrected chi connectivity index (χ2v) is 9.74. The number of hydrogen-bond donors (Lipinski definition) is 0. The number of rotatable bonds is 6. The van der Waals surface area contributed by atoms with E-state index in [0.717, 1.165) is 49.7 Å². The number of hydrogen-bond acceptors (Lipinski definition) is 5. The zero-order valence-electron chi connectivity index (χ0n) is 15.3. The molecule has 0 spiro atoms. The number of aromatic nitrogens is 5. The van der Waals surface area contributed by atoms with Crippen LogP contribution in [0.4, 0.5) is 0 Å². The van der Waals surface area contributed by atoms with E-state index in [2.05, 4.69) is 16.5 Å². The molecule has 1 saturated heterocycles. The Kier molecular flexibility index (Phi) is 4.86. The molecule has 2 aromatic heterocycles. The van der Waals surface area contributed by atoms with Crippen LogP contribution >= 0.6 is 0 Å². The summed E-state index contributed by atoms with van der Waals surface area (Å²) in [6.07, 6.45) is 10.9. The molecule has 142 valence electrons. The molecule has 26 heavy (non-hydrogen) atoms. The van der Waals surface area contributed by atoms with E-state index in [1.807, 2.05) is 17.1 Å². The first kappa shape index (κ1) is 17.7. The summed E-state index contributed by atoms with van der Waals surface area (Å²) in [5.41, 5.74) is 0. The molecule has 2 aromatic rings. The third kappa shape index (κ3) is 3.56. The zero-order chi connectivity index (χ0) is 18.1. The van der Waals surface area contributed by atoms with Crippen LogP contribution in [-0.2, 0) is 29.2 Å². The molecular weight excluding hydrogens is 350 g/mol. The van der Waals surface area contributed by atoms with Crippen molar-refractivity contribution in [1.29, 1.82) is 0 Å². The number of sulfone groups is 1. The van der Waals surface area contributed by atoms with Crippen molar-refractivity contribution < 1.29 is 8.42 Å². The lowest BCUT2D eigenvalue weighted by atomic mass is 10.1. The van der Waals surface area contributed by atoms with Crippen molar-refractivity contribution in [2.45, 2.75) is 70.4 Å². The van der Waals surface area contributed by atoms with E-state index in [0.29, 0.717) is 12.3 Å². The molecule has 3 heterocycles. The number of nitrogens with zero attached hydrogens (tertiary/aromatic N) is 5. The molecule has 0 unspecified atom stereocenters. The summed E-state index contributed by atoms with van der Waals surface area (Å²) in [5.74, 6) is 3.80. The van der Waals surface area contributed by atoms with Crippen LogP contribution in [0.25, 0.3) is 0 Å². The zero-order valence-corrected chi connectivity index (χ0v) is 16.2. The maximum Gasteiger partial charge on any atom is 0.154 e. The Morgan fingerprint density at radius 3 is 2.69 bits per heavy atom. The topological polar surface area (TPSA) is 82.7 Å². The highest BCUT2D eigenvalue weighted by Crippen LogP contribution is 2.33. The highest BCUT2D eigenvalue weighted by atomic mass is 32.2. The molecular formula is C18H27N5O2S. The van der Waals surface area contributed by atoms with Crippen molar-refractivity contribution in [2.24, 2.45) is 0 Å². The molecule has 0 N–H and O–H groups in total. The lowest BCUT2D eigenvalue weighted by molar-refractivity contribution is 0.463. The first-order valence-electron chi connectivity index (χ1n) is 9.71. The van der Waals surface area contributed by atoms with E-state index >= 15 is 0 Å². The van der Waals surface area contributed by atoms with Crippen LogP contribution < -0.4 is 0 Å². The summed E-state index contributed by atoms with van der Waals surface area (Å²) in [5, 5.41) is 4.80. The fraction of sp³-hybridized carbons (Fsp3) is 0.722. The molecule has 0 aromatic carbocycles. The lowest BCUT2D eigenvalue weighted by Crippen LogP contribution is -2.17. The molecule has 1 atom stereocenters. The SMILES string of the molecule is CCc1nccn1CCc1nc(C2CCCC2)nn1[C@H]1CCS(=O)(=O)C1. The van der Waals surface area contributed by atoms with Gasteiger partial charge in [0, 0.05) is 37.7 Å². The Bertz CT molecular complexity index is 864. The number of aryl methyl sites for hydroxylation is 3. The van der Waals surface area contributed by atoms with Gasteiger partial charge in [-0.3, -0.25) is 0 Å². The van der Waals surface area contributed by atoms with Crippen LogP contribution in [0.2, 0.25) is 0 Å². The van der Waals surface area contributed by atoms with Crippen LogP contribution in [0.5, 0.6) is 0 Å². The van der Waals surface area contributed by atoms with Crippen LogP contribution in [0.1, 0.15) is 68.5 Å². The fourth-order valence-electron chi connectivity index (χ4n) is 4.24. The molecule has 0 amide bonds. The third-order valence-corrected chi connectivity index (χ3v) is 7.44. The Morgan fingerprint density at radius 2 is 2.00 bits per heavy atom. The highest BCUT2D eigenvalue weighted by molar-refractivity contribution is 7.91. The van der Waals surface area contributed by atoms with Crippen molar-refractivity contribution in [3.63, 3.8) is 0 Å². The second-order valence-electron chi connectivity index (χ2n) is 7.51. The molecule has 1 aliphatic heterocycles. The van der Waals surface area contributed by atoms with Gasteiger partial charge in [0.1, 0.15) is 11.6 Å². The molecule has 1 aliphatic carbocycles. The van der Waals surface area contributed by atoms with Gasteiger partial charge in [-0.05, 0) is 19.3 Å². The van der Waals surface area contributed by atoms with Gasteiger partial charge < -0.3 is 4.57 Å². The predicted molar refractivity (Wildman–Crippen MR) is 98.8 cm³/mol. The van der Waals surface area contributed by atoms with Gasteiger partial charge in [-0.25, -0.2) is 23.1 Å². The summed E-state index contributed by atoms with van der Waals surface area (Å²) in [6, 6.07) is -0.0638. The molecule has 4 rings (SSSR count). The normalized spacial score (nSPS) is 23.0. The monoisotopic (exact) mass is 377 g/mol. The molecule has 1 saturated carbocycles. The van der Waals surface area contributed by atoms with Gasteiger partial charge >= 0.3 is 0 Å². The van der Waals surface area contributed by atoms with E-state index in [-0.39, 0.29) is 17.5 Å². The lowest BCUT2D eigenvalue weighted by Gasteiger charge is -2.12. The van der Waals surface area contributed by atoms with E-state index in [1.54, 1.807) is 0 Å². The van der Waals surface area contributed by atoms with Crippen LogP contribution in [0.15, 0.2) is 12.4 Å². The van der Waals surface area contributed by atoms with Crippen LogP contribution in [0, 0.1) is 0 Å². The van der Waals surface area contributed by atoms with Gasteiger partial charge in [-0.2, -0.15) is 5.10 Å². The average molecular weight is 378 g/mol. The quantitative estimate of drug-likeness (QED) is 0.771. The van der Waals surface area contributed by atoms with Crippen LogP contribution in [0.3, 0.4) is 0 Å². The predicted octanol–water partition coefficient (Wildman–Crippen LogP) is 2.30. The van der Waals surface area contributed by atoms with Gasteiger partial charge in [0.05, 0.1) is 17.5 Å². The summed E-state index contributed by atoms with van der Waals surface area (Å²) in [4.78, 5) is 9.24. The van der Waals surface area contributed by atoms with Gasteiger partial charge in [-0.15, -0.1) is 0 Å². The molecule has 7 nitrogen and oxygen atoms in total. The van der Waals surface area contributed by atoms with Gasteiger partial charge in [-0.1, -0.05) is 19.8 Å². The highest BCUT2D eigenvalue weighted by Gasteiger charge is 2.33. The summed E-state index contributed by atoms with van der Waals surface area (Å²) in [7, 11) is -2.94. The van der Waals surface area contributed by atoms with Crippen LogP contribution in [-0.4, -0.2) is 44.2 Å². The molecule has 8 heteroatoms. The smallest absolute Gasteiger partial charge is 0.154 e. The molecule has 0 radical (unpaired) electrons. The first-order valence-corrected chi connectivity index (χ1v) is 11.5. The second kappa shape index (κ2) is 7.13. The minimum absolute atomic E-state index is 0.0638.